The lowest BCUT2D eigenvalue weighted by Crippen LogP contribution is -2.29. The van der Waals surface area contributed by atoms with Crippen LogP contribution in [-0.4, -0.2) is 14.3 Å². The Labute approximate surface area is 79.1 Å². The van der Waals surface area contributed by atoms with Gasteiger partial charge in [0.05, 0.1) is 5.69 Å². The molecule has 0 saturated heterocycles. The fraction of sp³-hybridized carbons (Fsp3) is 0.143. The van der Waals surface area contributed by atoms with Crippen LogP contribution in [0.2, 0.25) is 0 Å². The number of nitrogens with one attached hydrogen (secondary N) is 2. The van der Waals surface area contributed by atoms with Gasteiger partial charge in [0.2, 0.25) is 0 Å². The third-order valence-electron chi connectivity index (χ3n) is 1.71. The van der Waals surface area contributed by atoms with Crippen LogP contribution >= 0.6 is 11.5 Å². The molecule has 0 spiro atoms. The van der Waals surface area contributed by atoms with Gasteiger partial charge < -0.3 is 4.98 Å². The monoisotopic (exact) mass is 195 g/mol. The quantitative estimate of drug-likeness (QED) is 0.490. The first-order chi connectivity index (χ1) is 6.42. The standard InChI is InChI=1S/C7H9N5S/c8-11-6(5-1-4-13-12-5)7-9-2-3-10-7/h1-4,6,11H,8H2,(H,9,10). The minimum Gasteiger partial charge on any atom is -0.347 e. The van der Waals surface area contributed by atoms with Crippen molar-refractivity contribution < 1.29 is 0 Å². The molecule has 0 aromatic carbocycles. The van der Waals surface area contributed by atoms with E-state index in [2.05, 4.69) is 19.8 Å². The summed E-state index contributed by atoms with van der Waals surface area (Å²) in [5.41, 5.74) is 3.53. The highest BCUT2D eigenvalue weighted by molar-refractivity contribution is 7.03. The number of aromatic nitrogens is 3. The minimum absolute atomic E-state index is 0.152. The molecule has 5 nitrogen and oxygen atoms in total. The number of hydrazine groups is 1. The predicted octanol–water partition coefficient (Wildman–Crippen LogP) is 0.419. The zero-order valence-corrected chi connectivity index (χ0v) is 7.58. The number of hydrogen-bond acceptors (Lipinski definition) is 5. The molecular weight excluding hydrogens is 186 g/mol. The molecule has 2 aromatic heterocycles. The van der Waals surface area contributed by atoms with E-state index in [1.165, 1.54) is 11.5 Å². The van der Waals surface area contributed by atoms with Gasteiger partial charge in [-0.3, -0.25) is 5.84 Å². The van der Waals surface area contributed by atoms with Gasteiger partial charge in [0, 0.05) is 17.8 Å². The van der Waals surface area contributed by atoms with Gasteiger partial charge in [-0.15, -0.1) is 0 Å². The Balaban J connectivity index is 2.29. The van der Waals surface area contributed by atoms with Crippen molar-refractivity contribution in [2.45, 2.75) is 6.04 Å². The maximum Gasteiger partial charge on any atom is 0.130 e. The third kappa shape index (κ3) is 1.59. The van der Waals surface area contributed by atoms with Crippen LogP contribution in [0, 0.1) is 0 Å². The van der Waals surface area contributed by atoms with Crippen molar-refractivity contribution in [1.82, 2.24) is 19.8 Å². The SMILES string of the molecule is NNC(c1ccsn1)c1ncc[nH]1. The molecule has 0 radical (unpaired) electrons. The van der Waals surface area contributed by atoms with E-state index < -0.39 is 0 Å². The molecule has 0 aliphatic rings. The predicted molar refractivity (Wildman–Crippen MR) is 49.9 cm³/mol. The Morgan fingerprint density at radius 2 is 2.54 bits per heavy atom. The summed E-state index contributed by atoms with van der Waals surface area (Å²) >= 11 is 1.39. The average Bonchev–Trinajstić information content (AvgIpc) is 2.76. The molecule has 0 amide bonds. The van der Waals surface area contributed by atoms with Crippen LogP contribution in [0.3, 0.4) is 0 Å². The van der Waals surface area contributed by atoms with E-state index >= 15 is 0 Å². The Hall–Kier alpha value is -1.24. The van der Waals surface area contributed by atoms with Gasteiger partial charge in [-0.1, -0.05) is 0 Å². The Morgan fingerprint density at radius 3 is 3.08 bits per heavy atom. The van der Waals surface area contributed by atoms with Gasteiger partial charge in [-0.25, -0.2) is 10.4 Å². The zero-order chi connectivity index (χ0) is 9.10. The van der Waals surface area contributed by atoms with Crippen molar-refractivity contribution in [1.29, 1.82) is 0 Å². The molecule has 0 fully saturated rings. The van der Waals surface area contributed by atoms with E-state index in [1.54, 1.807) is 12.4 Å². The zero-order valence-electron chi connectivity index (χ0n) is 6.77. The lowest BCUT2D eigenvalue weighted by molar-refractivity contribution is 0.598. The summed E-state index contributed by atoms with van der Waals surface area (Å²) in [5, 5.41) is 1.91. The lowest BCUT2D eigenvalue weighted by Gasteiger charge is -2.09. The molecule has 6 heteroatoms. The Bertz CT molecular complexity index is 307. The highest BCUT2D eigenvalue weighted by Gasteiger charge is 2.15. The summed E-state index contributed by atoms with van der Waals surface area (Å²) in [4.78, 5) is 7.10. The first-order valence-electron chi connectivity index (χ1n) is 3.77. The number of nitrogens with two attached hydrogens (primary N) is 1. The molecule has 68 valence electrons. The van der Waals surface area contributed by atoms with Gasteiger partial charge >= 0.3 is 0 Å². The number of hydrogen-bond donors (Lipinski definition) is 3. The van der Waals surface area contributed by atoms with E-state index in [0.29, 0.717) is 0 Å². The average molecular weight is 195 g/mol. The fourth-order valence-electron chi connectivity index (χ4n) is 1.11. The smallest absolute Gasteiger partial charge is 0.130 e. The minimum atomic E-state index is -0.152. The van der Waals surface area contributed by atoms with Crippen LogP contribution in [0.4, 0.5) is 0 Å². The van der Waals surface area contributed by atoms with Crippen LogP contribution in [0.15, 0.2) is 23.8 Å². The van der Waals surface area contributed by atoms with Crippen LogP contribution in [0.5, 0.6) is 0 Å². The van der Waals surface area contributed by atoms with E-state index in [4.69, 9.17) is 5.84 Å². The van der Waals surface area contributed by atoms with Gasteiger partial charge in [0.1, 0.15) is 11.9 Å². The molecule has 1 atom stereocenters. The number of imidazole rings is 1. The van der Waals surface area contributed by atoms with Gasteiger partial charge in [0.15, 0.2) is 0 Å². The van der Waals surface area contributed by atoms with E-state index in [0.717, 1.165) is 11.5 Å². The van der Waals surface area contributed by atoms with Crippen LogP contribution in [0.25, 0.3) is 0 Å². The molecule has 0 aliphatic heterocycles. The van der Waals surface area contributed by atoms with Crippen molar-refractivity contribution in [3.05, 3.63) is 35.4 Å². The molecule has 2 aromatic rings. The Morgan fingerprint density at radius 1 is 1.62 bits per heavy atom. The molecule has 4 N–H and O–H groups in total. The molecule has 0 aliphatic carbocycles. The first kappa shape index (κ1) is 8.36. The second kappa shape index (κ2) is 3.65. The summed E-state index contributed by atoms with van der Waals surface area (Å²) in [6.07, 6.45) is 3.44. The summed E-state index contributed by atoms with van der Waals surface area (Å²) in [6, 6.07) is 1.76. The molecule has 13 heavy (non-hydrogen) atoms. The van der Waals surface area contributed by atoms with Crippen molar-refractivity contribution >= 4 is 11.5 Å². The molecular formula is C7H9N5S. The lowest BCUT2D eigenvalue weighted by atomic mass is 10.2. The largest absolute Gasteiger partial charge is 0.347 e. The van der Waals surface area contributed by atoms with Crippen LogP contribution in [-0.2, 0) is 0 Å². The van der Waals surface area contributed by atoms with Crippen molar-refractivity contribution in [2.75, 3.05) is 0 Å². The van der Waals surface area contributed by atoms with E-state index in [9.17, 15) is 0 Å². The fourth-order valence-corrected chi connectivity index (χ4v) is 1.66. The third-order valence-corrected chi connectivity index (χ3v) is 2.29. The second-order valence-electron chi connectivity index (χ2n) is 2.50. The molecule has 0 saturated carbocycles. The van der Waals surface area contributed by atoms with Gasteiger partial charge in [-0.05, 0) is 17.6 Å². The van der Waals surface area contributed by atoms with E-state index in [1.807, 2.05) is 11.4 Å². The summed E-state index contributed by atoms with van der Waals surface area (Å²) in [7, 11) is 0. The number of H-pyrrole nitrogens is 1. The van der Waals surface area contributed by atoms with Crippen molar-refractivity contribution in [3.63, 3.8) is 0 Å². The van der Waals surface area contributed by atoms with Gasteiger partial charge in [0.25, 0.3) is 0 Å². The van der Waals surface area contributed by atoms with Crippen LogP contribution in [0.1, 0.15) is 17.6 Å². The first-order valence-corrected chi connectivity index (χ1v) is 4.61. The molecule has 2 heterocycles. The van der Waals surface area contributed by atoms with Gasteiger partial charge in [-0.2, -0.15) is 4.37 Å². The molecule has 1 unspecified atom stereocenters. The summed E-state index contributed by atoms with van der Waals surface area (Å²) in [6.45, 7) is 0. The van der Waals surface area contributed by atoms with Crippen LogP contribution < -0.4 is 11.3 Å². The van der Waals surface area contributed by atoms with Crippen molar-refractivity contribution in [3.8, 4) is 0 Å². The maximum atomic E-state index is 5.41. The topological polar surface area (TPSA) is 79.6 Å². The normalized spacial score (nSPS) is 13.0. The summed E-state index contributed by atoms with van der Waals surface area (Å²) < 4.78 is 4.18. The second-order valence-corrected chi connectivity index (χ2v) is 3.16. The van der Waals surface area contributed by atoms with Crippen molar-refractivity contribution in [2.24, 2.45) is 5.84 Å². The number of nitrogens with zero attached hydrogens (tertiary/aromatic N) is 2. The highest BCUT2D eigenvalue weighted by Crippen LogP contribution is 2.16. The van der Waals surface area contributed by atoms with E-state index in [-0.39, 0.29) is 6.04 Å². The number of rotatable bonds is 3. The Kier molecular flexibility index (Phi) is 2.35. The maximum absolute atomic E-state index is 5.41. The summed E-state index contributed by atoms with van der Waals surface area (Å²) in [5.74, 6) is 6.18. The molecule has 0 bridgehead atoms. The number of aromatic amines is 1. The highest BCUT2D eigenvalue weighted by atomic mass is 32.1. The molecule has 2 rings (SSSR count).